The largest absolute Gasteiger partial charge is 0.385 e. The van der Waals surface area contributed by atoms with E-state index in [1.54, 1.807) is 0 Å². The lowest BCUT2D eigenvalue weighted by Crippen LogP contribution is -2.25. The van der Waals surface area contributed by atoms with Crippen LogP contribution in [0, 0.1) is 0 Å². The molecule has 0 atom stereocenters. The average Bonchev–Trinajstić information content (AvgIpc) is 2.38. The third kappa shape index (κ3) is 2.41. The second-order valence-corrected chi connectivity index (χ2v) is 5.06. The maximum Gasteiger partial charge on any atom is 0.0902 e. The minimum atomic E-state index is -0.676. The first-order valence-electron chi connectivity index (χ1n) is 6.92. The van der Waals surface area contributed by atoms with Crippen LogP contribution in [0.5, 0.6) is 0 Å². The van der Waals surface area contributed by atoms with Gasteiger partial charge in [0.05, 0.1) is 5.60 Å². The Morgan fingerprint density at radius 3 is 2.17 bits per heavy atom. The van der Waals surface area contributed by atoms with Crippen molar-refractivity contribution in [2.24, 2.45) is 0 Å². The van der Waals surface area contributed by atoms with E-state index in [9.17, 15) is 5.11 Å². The topological polar surface area (TPSA) is 20.2 Å². The zero-order valence-corrected chi connectivity index (χ0v) is 11.3. The van der Waals surface area contributed by atoms with E-state index in [1.807, 2.05) is 18.2 Å². The number of rotatable bonds is 5. The number of fused-ring (bicyclic) bond motifs is 1. The molecule has 96 valence electrons. The van der Waals surface area contributed by atoms with Crippen LogP contribution in [-0.4, -0.2) is 5.11 Å². The third-order valence-electron chi connectivity index (χ3n) is 3.62. The zero-order valence-electron chi connectivity index (χ0n) is 11.3. The van der Waals surface area contributed by atoms with Gasteiger partial charge in [-0.3, -0.25) is 0 Å². The first kappa shape index (κ1) is 13.1. The van der Waals surface area contributed by atoms with Gasteiger partial charge in [0, 0.05) is 0 Å². The summed E-state index contributed by atoms with van der Waals surface area (Å²) in [5, 5.41) is 13.4. The van der Waals surface area contributed by atoms with Crippen LogP contribution in [0.3, 0.4) is 0 Å². The molecule has 0 aliphatic carbocycles. The predicted molar refractivity (Wildman–Crippen MR) is 77.7 cm³/mol. The molecule has 0 saturated carbocycles. The molecular formula is C17H22O. The highest BCUT2D eigenvalue weighted by Gasteiger charge is 2.28. The molecule has 0 bridgehead atoms. The van der Waals surface area contributed by atoms with Crippen LogP contribution >= 0.6 is 0 Å². The standard InChI is InChI=1S/C17H22O/c1-3-12-17(18,13-4-2)16-11-7-9-14-8-5-6-10-15(14)16/h5-11,18H,3-4,12-13H2,1-2H3. The second kappa shape index (κ2) is 5.53. The molecule has 18 heavy (non-hydrogen) atoms. The number of aliphatic hydroxyl groups is 1. The summed E-state index contributed by atoms with van der Waals surface area (Å²) < 4.78 is 0. The summed E-state index contributed by atoms with van der Waals surface area (Å²) in [5.41, 5.74) is 0.411. The van der Waals surface area contributed by atoms with Crippen LogP contribution < -0.4 is 0 Å². The molecule has 2 aromatic carbocycles. The number of benzene rings is 2. The molecule has 0 aromatic heterocycles. The Morgan fingerprint density at radius 2 is 1.50 bits per heavy atom. The molecule has 0 fully saturated rings. The third-order valence-corrected chi connectivity index (χ3v) is 3.62. The minimum Gasteiger partial charge on any atom is -0.385 e. The smallest absolute Gasteiger partial charge is 0.0902 e. The van der Waals surface area contributed by atoms with Crippen molar-refractivity contribution in [2.45, 2.75) is 45.1 Å². The highest BCUT2D eigenvalue weighted by atomic mass is 16.3. The Hall–Kier alpha value is -1.34. The summed E-state index contributed by atoms with van der Waals surface area (Å²) in [6.07, 6.45) is 3.66. The normalized spacial score (nSPS) is 11.9. The molecule has 0 spiro atoms. The van der Waals surface area contributed by atoms with Gasteiger partial charge in [-0.05, 0) is 29.2 Å². The van der Waals surface area contributed by atoms with Crippen molar-refractivity contribution in [2.75, 3.05) is 0 Å². The van der Waals surface area contributed by atoms with E-state index in [0.717, 1.165) is 31.2 Å². The lowest BCUT2D eigenvalue weighted by atomic mass is 9.83. The van der Waals surface area contributed by atoms with Crippen molar-refractivity contribution < 1.29 is 5.11 Å². The van der Waals surface area contributed by atoms with Crippen LogP contribution in [0.15, 0.2) is 42.5 Å². The van der Waals surface area contributed by atoms with Gasteiger partial charge >= 0.3 is 0 Å². The molecule has 0 unspecified atom stereocenters. The molecule has 0 radical (unpaired) electrons. The summed E-state index contributed by atoms with van der Waals surface area (Å²) in [7, 11) is 0. The van der Waals surface area contributed by atoms with Crippen LogP contribution in [-0.2, 0) is 5.60 Å². The van der Waals surface area contributed by atoms with Crippen LogP contribution in [0.1, 0.15) is 45.1 Å². The summed E-state index contributed by atoms with van der Waals surface area (Å²) >= 11 is 0. The van der Waals surface area contributed by atoms with E-state index in [4.69, 9.17) is 0 Å². The lowest BCUT2D eigenvalue weighted by Gasteiger charge is -2.29. The summed E-state index contributed by atoms with van der Waals surface area (Å²) in [6.45, 7) is 4.26. The molecule has 1 heteroatoms. The molecule has 2 rings (SSSR count). The van der Waals surface area contributed by atoms with E-state index >= 15 is 0 Å². The van der Waals surface area contributed by atoms with Gasteiger partial charge in [0.25, 0.3) is 0 Å². The van der Waals surface area contributed by atoms with E-state index in [1.165, 1.54) is 10.8 Å². The van der Waals surface area contributed by atoms with Gasteiger partial charge < -0.3 is 5.11 Å². The molecule has 0 amide bonds. The van der Waals surface area contributed by atoms with Crippen molar-refractivity contribution in [1.82, 2.24) is 0 Å². The first-order valence-corrected chi connectivity index (χ1v) is 6.92. The Bertz CT molecular complexity index is 505. The van der Waals surface area contributed by atoms with Crippen molar-refractivity contribution in [1.29, 1.82) is 0 Å². The Balaban J connectivity index is 2.56. The molecule has 1 N–H and O–H groups in total. The number of hydrogen-bond donors (Lipinski definition) is 1. The monoisotopic (exact) mass is 242 g/mol. The Kier molecular flexibility index (Phi) is 4.03. The van der Waals surface area contributed by atoms with Crippen LogP contribution in [0.2, 0.25) is 0 Å². The summed E-state index contributed by atoms with van der Waals surface area (Å²) in [6, 6.07) is 14.5. The molecular weight excluding hydrogens is 220 g/mol. The van der Waals surface area contributed by atoms with E-state index < -0.39 is 5.60 Å². The Labute approximate surface area is 109 Å². The fraction of sp³-hybridized carbons (Fsp3) is 0.412. The lowest BCUT2D eigenvalue weighted by molar-refractivity contribution is 0.0184. The Morgan fingerprint density at radius 1 is 0.889 bits per heavy atom. The SMILES string of the molecule is CCCC(O)(CCC)c1cccc2ccccc12. The highest BCUT2D eigenvalue weighted by molar-refractivity contribution is 5.86. The van der Waals surface area contributed by atoms with Gasteiger partial charge in [-0.2, -0.15) is 0 Å². The first-order chi connectivity index (χ1) is 8.71. The van der Waals surface area contributed by atoms with Crippen LogP contribution in [0.4, 0.5) is 0 Å². The molecule has 0 saturated heterocycles. The van der Waals surface area contributed by atoms with Crippen molar-refractivity contribution in [3.05, 3.63) is 48.0 Å². The average molecular weight is 242 g/mol. The maximum absolute atomic E-state index is 11.0. The van der Waals surface area contributed by atoms with Gasteiger partial charge in [0.1, 0.15) is 0 Å². The molecule has 2 aromatic rings. The van der Waals surface area contributed by atoms with E-state index in [0.29, 0.717) is 0 Å². The zero-order chi connectivity index (χ0) is 13.0. The quantitative estimate of drug-likeness (QED) is 0.810. The fourth-order valence-corrected chi connectivity index (χ4v) is 2.85. The van der Waals surface area contributed by atoms with Gasteiger partial charge in [-0.15, -0.1) is 0 Å². The molecule has 0 aliphatic rings. The summed E-state index contributed by atoms with van der Waals surface area (Å²) in [4.78, 5) is 0. The van der Waals surface area contributed by atoms with Crippen LogP contribution in [0.25, 0.3) is 10.8 Å². The minimum absolute atomic E-state index is 0.676. The molecule has 0 heterocycles. The maximum atomic E-state index is 11.0. The van der Waals surface area contributed by atoms with Gasteiger partial charge in [-0.1, -0.05) is 69.2 Å². The van der Waals surface area contributed by atoms with E-state index in [-0.39, 0.29) is 0 Å². The van der Waals surface area contributed by atoms with Crippen molar-refractivity contribution in [3.63, 3.8) is 0 Å². The molecule has 1 nitrogen and oxygen atoms in total. The second-order valence-electron chi connectivity index (χ2n) is 5.06. The highest BCUT2D eigenvalue weighted by Crippen LogP contribution is 2.35. The summed E-state index contributed by atoms with van der Waals surface area (Å²) in [5.74, 6) is 0. The van der Waals surface area contributed by atoms with Gasteiger partial charge in [0.15, 0.2) is 0 Å². The van der Waals surface area contributed by atoms with Gasteiger partial charge in [-0.25, -0.2) is 0 Å². The van der Waals surface area contributed by atoms with Gasteiger partial charge in [0.2, 0.25) is 0 Å². The molecule has 0 aliphatic heterocycles. The predicted octanol–water partition coefficient (Wildman–Crippen LogP) is 4.63. The van der Waals surface area contributed by atoms with Crippen molar-refractivity contribution >= 4 is 10.8 Å². The number of hydrogen-bond acceptors (Lipinski definition) is 1. The van der Waals surface area contributed by atoms with Crippen molar-refractivity contribution in [3.8, 4) is 0 Å². The fourth-order valence-electron chi connectivity index (χ4n) is 2.85. The van der Waals surface area contributed by atoms with E-state index in [2.05, 4.69) is 38.1 Å².